The number of nitrogens with one attached hydrogen (secondary N) is 2. The van der Waals surface area contributed by atoms with Crippen LogP contribution in [0.1, 0.15) is 58.8 Å². The molecule has 6 nitrogen and oxygen atoms in total. The molecule has 12 heteroatoms. The van der Waals surface area contributed by atoms with E-state index in [1.807, 2.05) is 43.4 Å². The summed E-state index contributed by atoms with van der Waals surface area (Å²) in [4.78, 5) is 31.6. The van der Waals surface area contributed by atoms with Gasteiger partial charge in [-0.3, -0.25) is 9.59 Å². The minimum Gasteiger partial charge on any atom is -0.477 e. The van der Waals surface area contributed by atoms with E-state index in [1.54, 1.807) is 36.4 Å². The minimum absolute atomic E-state index is 0.129. The molecule has 2 N–H and O–H groups in total. The highest BCUT2D eigenvalue weighted by Crippen LogP contribution is 2.55. The molecule has 3 aromatic carbocycles. The summed E-state index contributed by atoms with van der Waals surface area (Å²) in [6.07, 6.45) is -0.298. The average Bonchev–Trinajstić information content (AvgIpc) is 3.42. The zero-order chi connectivity index (χ0) is 37.1. The van der Waals surface area contributed by atoms with Gasteiger partial charge in [0.1, 0.15) is 6.54 Å². The van der Waals surface area contributed by atoms with Crippen LogP contribution in [0.2, 0.25) is 0 Å². The molecule has 2 unspecified atom stereocenters. The first-order valence-corrected chi connectivity index (χ1v) is 16.8. The lowest BCUT2D eigenvalue weighted by Crippen LogP contribution is -2.50. The van der Waals surface area contributed by atoms with Crippen molar-refractivity contribution in [2.24, 2.45) is 5.92 Å². The first-order chi connectivity index (χ1) is 24.8. The Kier molecular flexibility index (Phi) is 10.3. The van der Waals surface area contributed by atoms with Crippen LogP contribution in [0, 0.1) is 5.92 Å². The Bertz CT molecular complexity index is 2020. The summed E-state index contributed by atoms with van der Waals surface area (Å²) in [5.74, 6) is -1.17. The van der Waals surface area contributed by atoms with E-state index in [-0.39, 0.29) is 24.5 Å². The highest BCUT2D eigenvalue weighted by atomic mass is 19.4. The van der Waals surface area contributed by atoms with E-state index in [9.17, 15) is 35.9 Å². The molecule has 2 aliphatic rings. The summed E-state index contributed by atoms with van der Waals surface area (Å²) in [6.45, 7) is 0.584. The Balaban J connectivity index is 1.16. The quantitative estimate of drug-likeness (QED) is 0.120. The molecule has 0 fully saturated rings. The fourth-order valence-electron chi connectivity index (χ4n) is 7.17. The molecule has 2 atom stereocenters. The number of benzene rings is 3. The maximum atomic E-state index is 13.8. The van der Waals surface area contributed by atoms with Crippen molar-refractivity contribution in [3.63, 3.8) is 0 Å². The molecule has 0 saturated heterocycles. The van der Waals surface area contributed by atoms with Gasteiger partial charge in [0.15, 0.2) is 0 Å². The summed E-state index contributed by atoms with van der Waals surface area (Å²) in [7, 11) is 0. The zero-order valence-corrected chi connectivity index (χ0v) is 28.1. The first kappa shape index (κ1) is 36.4. The number of fused-ring (bicyclic) bond motifs is 3. The maximum absolute atomic E-state index is 13.8. The molecule has 4 aromatic rings. The third-order valence-electron chi connectivity index (χ3n) is 9.54. The second kappa shape index (κ2) is 14.7. The number of pyridine rings is 1. The van der Waals surface area contributed by atoms with Crippen molar-refractivity contribution < 1.29 is 40.7 Å². The summed E-state index contributed by atoms with van der Waals surface area (Å²) in [6, 6.07) is 20.2. The molecule has 0 radical (unpaired) electrons. The number of alkyl halides is 6. The minimum atomic E-state index is -4.56. The summed E-state index contributed by atoms with van der Waals surface area (Å²) in [5.41, 5.74) is 2.68. The number of hydrogen-bond donors (Lipinski definition) is 2. The van der Waals surface area contributed by atoms with Crippen molar-refractivity contribution in [1.29, 1.82) is 0 Å². The SMILES string of the molecule is CCc1cc(NC(=O)c2ccccc2-c2ccc(C(F)(F)F)cc2)cnc1OCCCC1(C(=O)NCC(F)(F)F)c2ccccc2C2=CC=CCC21. The molecule has 52 heavy (non-hydrogen) atoms. The van der Waals surface area contributed by atoms with Crippen molar-refractivity contribution in [2.45, 2.75) is 50.4 Å². The highest BCUT2D eigenvalue weighted by Gasteiger charge is 2.54. The topological polar surface area (TPSA) is 80.3 Å². The average molecular weight is 720 g/mol. The molecule has 0 bridgehead atoms. The predicted octanol–water partition coefficient (Wildman–Crippen LogP) is 9.33. The van der Waals surface area contributed by atoms with Gasteiger partial charge in [-0.1, -0.05) is 79.7 Å². The van der Waals surface area contributed by atoms with Gasteiger partial charge in [-0.25, -0.2) is 4.98 Å². The van der Waals surface area contributed by atoms with Crippen LogP contribution in [0.15, 0.2) is 103 Å². The number of aryl methyl sites for hydroxylation is 1. The largest absolute Gasteiger partial charge is 0.477 e. The molecule has 0 saturated carbocycles. The number of halogens is 6. The van der Waals surface area contributed by atoms with Gasteiger partial charge in [-0.15, -0.1) is 0 Å². The Morgan fingerprint density at radius 1 is 0.942 bits per heavy atom. The molecule has 0 spiro atoms. The van der Waals surface area contributed by atoms with E-state index in [1.165, 1.54) is 18.3 Å². The Hall–Kier alpha value is -5.39. The van der Waals surface area contributed by atoms with Gasteiger partial charge in [0.05, 0.1) is 29.5 Å². The van der Waals surface area contributed by atoms with E-state index in [0.29, 0.717) is 53.1 Å². The van der Waals surface area contributed by atoms with Crippen LogP contribution in [-0.4, -0.2) is 36.1 Å². The van der Waals surface area contributed by atoms with Crippen LogP contribution in [0.3, 0.4) is 0 Å². The number of hydrogen-bond acceptors (Lipinski definition) is 4. The van der Waals surface area contributed by atoms with Crippen molar-refractivity contribution in [3.8, 4) is 17.0 Å². The number of anilines is 1. The smallest absolute Gasteiger partial charge is 0.416 e. The molecule has 1 heterocycles. The Morgan fingerprint density at radius 3 is 2.37 bits per heavy atom. The predicted molar refractivity (Wildman–Crippen MR) is 186 cm³/mol. The van der Waals surface area contributed by atoms with Crippen molar-refractivity contribution in [1.82, 2.24) is 10.3 Å². The molecule has 2 aliphatic carbocycles. The summed E-state index contributed by atoms with van der Waals surface area (Å²) >= 11 is 0. The van der Waals surface area contributed by atoms with Gasteiger partial charge < -0.3 is 15.4 Å². The number of rotatable bonds is 11. The van der Waals surface area contributed by atoms with Crippen molar-refractivity contribution in [3.05, 3.63) is 131 Å². The summed E-state index contributed by atoms with van der Waals surface area (Å²) in [5, 5.41) is 4.98. The van der Waals surface area contributed by atoms with Crippen LogP contribution >= 0.6 is 0 Å². The monoisotopic (exact) mass is 719 g/mol. The zero-order valence-electron chi connectivity index (χ0n) is 28.1. The molecular formula is C40H35F6N3O3. The highest BCUT2D eigenvalue weighted by molar-refractivity contribution is 6.08. The number of allylic oxidation sites excluding steroid dienone is 4. The Morgan fingerprint density at radius 2 is 1.65 bits per heavy atom. The normalized spacial score (nSPS) is 17.9. The summed E-state index contributed by atoms with van der Waals surface area (Å²) < 4.78 is 85.0. The van der Waals surface area contributed by atoms with E-state index < -0.39 is 41.7 Å². The lowest BCUT2D eigenvalue weighted by atomic mass is 9.68. The molecule has 2 amide bonds. The second-order valence-electron chi connectivity index (χ2n) is 12.7. The standard InChI is InChI=1S/C40H35F6N3O3/c1-2-25-22-28(49-35(50)32-13-4-3-10-29(32)26-16-18-27(19-17-26)40(44,45)46)23-47-36(25)52-21-9-20-38(37(51)48-24-39(41,42)43)33-14-7-5-11-30(33)31-12-6-8-15-34(31)38/h3-8,10-14,16-19,22-23,34H,2,9,15,20-21,24H2,1H3,(H,48,51)(H,49,50). The molecule has 1 aromatic heterocycles. The van der Waals surface area contributed by atoms with Crippen LogP contribution < -0.4 is 15.4 Å². The number of ether oxygens (including phenoxy) is 1. The Labute approximate surface area is 296 Å². The van der Waals surface area contributed by atoms with E-state index in [0.717, 1.165) is 23.3 Å². The van der Waals surface area contributed by atoms with Gasteiger partial charge in [-0.05, 0) is 77.8 Å². The molecule has 6 rings (SSSR count). The van der Waals surface area contributed by atoms with Gasteiger partial charge in [-0.2, -0.15) is 26.3 Å². The van der Waals surface area contributed by atoms with Gasteiger partial charge >= 0.3 is 12.4 Å². The second-order valence-corrected chi connectivity index (χ2v) is 12.7. The third-order valence-corrected chi connectivity index (χ3v) is 9.54. The fourth-order valence-corrected chi connectivity index (χ4v) is 7.17. The van der Waals surface area contributed by atoms with Crippen LogP contribution in [0.25, 0.3) is 16.7 Å². The van der Waals surface area contributed by atoms with Gasteiger partial charge in [0, 0.05) is 17.0 Å². The van der Waals surface area contributed by atoms with E-state index >= 15 is 0 Å². The van der Waals surface area contributed by atoms with Crippen molar-refractivity contribution >= 4 is 23.1 Å². The molecular weight excluding hydrogens is 684 g/mol. The lowest BCUT2D eigenvalue weighted by molar-refractivity contribution is -0.143. The van der Waals surface area contributed by atoms with Gasteiger partial charge in [0.2, 0.25) is 11.8 Å². The number of amides is 2. The van der Waals surface area contributed by atoms with Crippen LogP contribution in [-0.2, 0) is 22.8 Å². The number of carbonyl (C=O) groups is 2. The first-order valence-electron chi connectivity index (χ1n) is 16.8. The molecule has 0 aliphatic heterocycles. The van der Waals surface area contributed by atoms with Gasteiger partial charge in [0.25, 0.3) is 5.91 Å². The molecule has 270 valence electrons. The van der Waals surface area contributed by atoms with E-state index in [2.05, 4.69) is 15.6 Å². The lowest BCUT2D eigenvalue weighted by Gasteiger charge is -2.36. The number of carbonyl (C=O) groups excluding carboxylic acids is 2. The number of aromatic nitrogens is 1. The fraction of sp³-hybridized carbons (Fsp3) is 0.275. The van der Waals surface area contributed by atoms with Crippen LogP contribution in [0.4, 0.5) is 32.0 Å². The number of nitrogens with zero attached hydrogens (tertiary/aromatic N) is 1. The van der Waals surface area contributed by atoms with E-state index in [4.69, 9.17) is 4.74 Å². The van der Waals surface area contributed by atoms with Crippen LogP contribution in [0.5, 0.6) is 5.88 Å². The maximum Gasteiger partial charge on any atom is 0.416 e. The third kappa shape index (κ3) is 7.46. The van der Waals surface area contributed by atoms with Crippen molar-refractivity contribution in [2.75, 3.05) is 18.5 Å².